The largest absolute Gasteiger partial charge is 0.334 e. The van der Waals surface area contributed by atoms with Crippen LogP contribution in [0, 0.1) is 11.6 Å². The molecule has 5 rings (SSSR count). The van der Waals surface area contributed by atoms with Crippen LogP contribution in [0.4, 0.5) is 8.78 Å². The van der Waals surface area contributed by atoms with Gasteiger partial charge in [-0.2, -0.15) is 0 Å². The maximum atomic E-state index is 13.5. The molecule has 0 saturated heterocycles. The van der Waals surface area contributed by atoms with Crippen LogP contribution in [0.15, 0.2) is 42.5 Å². The Kier molecular flexibility index (Phi) is 4.39. The molecule has 1 amide bonds. The maximum absolute atomic E-state index is 13.5. The number of hydrogen-bond acceptors (Lipinski definition) is 3. The summed E-state index contributed by atoms with van der Waals surface area (Å²) in [6.45, 7) is 3.10. The number of nitrogens with one attached hydrogen (secondary N) is 2. The Morgan fingerprint density at radius 2 is 2.03 bits per heavy atom. The summed E-state index contributed by atoms with van der Waals surface area (Å²) in [6.07, 6.45) is 3.82. The third-order valence-corrected chi connectivity index (χ3v) is 6.80. The quantitative estimate of drug-likeness (QED) is 0.642. The summed E-state index contributed by atoms with van der Waals surface area (Å²) in [5.74, 6) is -0.542. The smallest absolute Gasteiger partial charge is 0.290 e. The van der Waals surface area contributed by atoms with Crippen molar-refractivity contribution in [3.05, 3.63) is 65.5 Å². The number of nitrogens with zero attached hydrogens (tertiary/aromatic N) is 2. The molecule has 2 fully saturated rings. The normalized spacial score (nSPS) is 24.8. The summed E-state index contributed by atoms with van der Waals surface area (Å²) in [5.41, 5.74) is 1.58. The standard InChI is InChI=1S/C23H24F2N4O/c1-2-29(21(30)20-27-18-8-7-17(25)12-19(18)28-20)23-10-4-9-22(23,14-23)26-13-15-5-3-6-16(24)11-15/h3,5-8,11-12,26H,2,4,9-10,13-14H2,1H3,(H,27,28)/t22-,23+/m0/s1. The van der Waals surface area contributed by atoms with Crippen molar-refractivity contribution in [1.82, 2.24) is 20.2 Å². The first-order valence-corrected chi connectivity index (χ1v) is 10.4. The highest BCUT2D eigenvalue weighted by Crippen LogP contribution is 2.63. The van der Waals surface area contributed by atoms with Gasteiger partial charge >= 0.3 is 0 Å². The molecular weight excluding hydrogens is 386 g/mol. The Hall–Kier alpha value is -2.80. The predicted molar refractivity (Wildman–Crippen MR) is 110 cm³/mol. The second-order valence-electron chi connectivity index (χ2n) is 8.42. The fraction of sp³-hybridized carbons (Fsp3) is 0.391. The van der Waals surface area contributed by atoms with Gasteiger partial charge in [-0.15, -0.1) is 0 Å². The van der Waals surface area contributed by atoms with Crippen molar-refractivity contribution in [3.8, 4) is 0 Å². The predicted octanol–water partition coefficient (Wildman–Crippen LogP) is 4.16. The number of carbonyl (C=O) groups is 1. The monoisotopic (exact) mass is 410 g/mol. The van der Waals surface area contributed by atoms with E-state index in [1.807, 2.05) is 17.9 Å². The molecule has 0 spiro atoms. The SMILES string of the molecule is CCN(C(=O)c1nc2cc(F)ccc2[nH]1)[C@@]12CCC[C@]1(NCc1cccc(F)c1)C2. The fourth-order valence-corrected chi connectivity index (χ4v) is 5.36. The Bertz CT molecular complexity index is 1130. The molecule has 0 bridgehead atoms. The second kappa shape index (κ2) is 6.87. The van der Waals surface area contributed by atoms with Crippen molar-refractivity contribution in [2.75, 3.05) is 6.54 Å². The van der Waals surface area contributed by atoms with Crippen LogP contribution in [0.1, 0.15) is 48.8 Å². The van der Waals surface area contributed by atoms with E-state index < -0.39 is 0 Å². The molecule has 5 nitrogen and oxygen atoms in total. The van der Waals surface area contributed by atoms with Gasteiger partial charge in [0.25, 0.3) is 5.91 Å². The highest BCUT2D eigenvalue weighted by atomic mass is 19.1. The average molecular weight is 410 g/mol. The van der Waals surface area contributed by atoms with Gasteiger partial charge in [0.05, 0.1) is 16.6 Å². The molecule has 2 aliphatic carbocycles. The summed E-state index contributed by atoms with van der Waals surface area (Å²) in [5, 5.41) is 3.63. The minimum atomic E-state index is -0.377. The maximum Gasteiger partial charge on any atom is 0.290 e. The molecule has 2 saturated carbocycles. The van der Waals surface area contributed by atoms with Crippen LogP contribution >= 0.6 is 0 Å². The number of hydrogen-bond donors (Lipinski definition) is 2. The molecule has 1 aromatic heterocycles. The van der Waals surface area contributed by atoms with Gasteiger partial charge in [-0.25, -0.2) is 13.8 Å². The number of amides is 1. The van der Waals surface area contributed by atoms with Crippen molar-refractivity contribution in [2.24, 2.45) is 0 Å². The number of fused-ring (bicyclic) bond motifs is 2. The van der Waals surface area contributed by atoms with E-state index in [2.05, 4.69) is 15.3 Å². The Morgan fingerprint density at radius 1 is 1.20 bits per heavy atom. The van der Waals surface area contributed by atoms with Gasteiger partial charge in [-0.1, -0.05) is 12.1 Å². The van der Waals surface area contributed by atoms with Gasteiger partial charge in [0.1, 0.15) is 11.6 Å². The lowest BCUT2D eigenvalue weighted by Gasteiger charge is -2.32. The summed E-state index contributed by atoms with van der Waals surface area (Å²) in [4.78, 5) is 22.7. The number of imidazole rings is 1. The van der Waals surface area contributed by atoms with Crippen molar-refractivity contribution < 1.29 is 13.6 Å². The van der Waals surface area contributed by atoms with Crippen LogP contribution in [-0.2, 0) is 6.54 Å². The molecule has 1 heterocycles. The van der Waals surface area contributed by atoms with Crippen LogP contribution in [0.5, 0.6) is 0 Å². The summed E-state index contributed by atoms with van der Waals surface area (Å²) in [7, 11) is 0. The number of aromatic amines is 1. The topological polar surface area (TPSA) is 61.0 Å². The van der Waals surface area contributed by atoms with Crippen molar-refractivity contribution >= 4 is 16.9 Å². The first-order valence-electron chi connectivity index (χ1n) is 10.4. The van der Waals surface area contributed by atoms with Crippen LogP contribution < -0.4 is 5.32 Å². The van der Waals surface area contributed by atoms with Gasteiger partial charge < -0.3 is 15.2 Å². The van der Waals surface area contributed by atoms with Gasteiger partial charge in [-0.3, -0.25) is 4.79 Å². The van der Waals surface area contributed by atoms with Crippen molar-refractivity contribution in [1.29, 1.82) is 0 Å². The molecule has 0 radical (unpaired) electrons. The van der Waals surface area contributed by atoms with E-state index in [1.54, 1.807) is 18.2 Å². The second-order valence-corrected chi connectivity index (χ2v) is 8.42. The number of rotatable bonds is 6. The Labute approximate surface area is 173 Å². The molecule has 2 N–H and O–H groups in total. The molecule has 7 heteroatoms. The highest BCUT2D eigenvalue weighted by Gasteiger charge is 2.73. The molecule has 2 aromatic carbocycles. The van der Waals surface area contributed by atoms with E-state index in [0.717, 1.165) is 31.2 Å². The first-order chi connectivity index (χ1) is 14.5. The van der Waals surface area contributed by atoms with Crippen LogP contribution in [-0.4, -0.2) is 38.4 Å². The van der Waals surface area contributed by atoms with Gasteiger partial charge in [0, 0.05) is 24.7 Å². The number of carbonyl (C=O) groups excluding carboxylic acids is 1. The molecule has 30 heavy (non-hydrogen) atoms. The van der Waals surface area contributed by atoms with Crippen LogP contribution in [0.3, 0.4) is 0 Å². The lowest BCUT2D eigenvalue weighted by molar-refractivity contribution is 0.0625. The first kappa shape index (κ1) is 19.2. The van der Waals surface area contributed by atoms with Crippen molar-refractivity contribution in [3.63, 3.8) is 0 Å². The third kappa shape index (κ3) is 2.91. The molecule has 156 valence electrons. The average Bonchev–Trinajstić information content (AvgIpc) is 3.01. The van der Waals surface area contributed by atoms with E-state index in [1.165, 1.54) is 18.2 Å². The van der Waals surface area contributed by atoms with E-state index in [9.17, 15) is 13.6 Å². The molecule has 0 unspecified atom stereocenters. The number of aromatic nitrogens is 2. The molecule has 2 atom stereocenters. The number of H-pyrrole nitrogens is 1. The van der Waals surface area contributed by atoms with E-state index in [4.69, 9.17) is 0 Å². The van der Waals surface area contributed by atoms with Crippen LogP contribution in [0.2, 0.25) is 0 Å². The van der Waals surface area contributed by atoms with Gasteiger partial charge in [0.15, 0.2) is 5.82 Å². The van der Waals surface area contributed by atoms with E-state index >= 15 is 0 Å². The lowest BCUT2D eigenvalue weighted by atomic mass is 10.1. The van der Waals surface area contributed by atoms with Gasteiger partial charge in [0.2, 0.25) is 0 Å². The third-order valence-electron chi connectivity index (χ3n) is 6.80. The van der Waals surface area contributed by atoms with E-state index in [-0.39, 0.29) is 34.4 Å². The zero-order chi connectivity index (χ0) is 20.9. The van der Waals surface area contributed by atoms with Crippen molar-refractivity contribution in [2.45, 2.75) is 50.2 Å². The minimum Gasteiger partial charge on any atom is -0.334 e. The fourth-order valence-electron chi connectivity index (χ4n) is 5.36. The lowest BCUT2D eigenvalue weighted by Crippen LogP contribution is -2.49. The number of benzene rings is 2. The molecule has 2 aliphatic rings. The molecule has 3 aromatic rings. The summed E-state index contributed by atoms with van der Waals surface area (Å²) in [6, 6.07) is 10.9. The zero-order valence-corrected chi connectivity index (χ0v) is 16.8. The zero-order valence-electron chi connectivity index (χ0n) is 16.8. The van der Waals surface area contributed by atoms with Gasteiger partial charge in [-0.05, 0) is 62.4 Å². The Morgan fingerprint density at radius 3 is 2.83 bits per heavy atom. The van der Waals surface area contributed by atoms with E-state index in [0.29, 0.717) is 24.1 Å². The Balaban J connectivity index is 1.38. The molecule has 0 aliphatic heterocycles. The number of likely N-dealkylation sites (N-methyl/N-ethyl adjacent to an activating group) is 1. The summed E-state index contributed by atoms with van der Waals surface area (Å²) >= 11 is 0. The number of halogens is 2. The van der Waals surface area contributed by atoms with Crippen LogP contribution in [0.25, 0.3) is 11.0 Å². The summed E-state index contributed by atoms with van der Waals surface area (Å²) < 4.78 is 27.0. The highest BCUT2D eigenvalue weighted by molar-refractivity contribution is 5.95. The molecular formula is C23H24F2N4O. The minimum absolute atomic E-state index is 0.150.